The number of alkyl carbamates (subject to hydrolysis) is 1. The maximum atomic E-state index is 11.6. The van der Waals surface area contributed by atoms with Gasteiger partial charge in [-0.15, -0.1) is 0 Å². The van der Waals surface area contributed by atoms with Crippen LogP contribution in [0, 0.1) is 5.92 Å². The quantitative estimate of drug-likeness (QED) is 0.663. The van der Waals surface area contributed by atoms with Crippen molar-refractivity contribution in [3.63, 3.8) is 0 Å². The summed E-state index contributed by atoms with van der Waals surface area (Å²) >= 11 is 0. The normalized spacial score (nSPS) is 22.5. The minimum Gasteiger partial charge on any atom is -0.480 e. The third kappa shape index (κ3) is 7.29. The number of carbonyl (C=O) groups excluding carboxylic acids is 1. The van der Waals surface area contributed by atoms with Gasteiger partial charge in [0.05, 0.1) is 6.10 Å². The average molecular weight is 303 g/mol. The molecule has 1 aliphatic carbocycles. The van der Waals surface area contributed by atoms with Gasteiger partial charge in [0.25, 0.3) is 0 Å². The van der Waals surface area contributed by atoms with Crippen LogP contribution in [0.15, 0.2) is 0 Å². The van der Waals surface area contributed by atoms with Gasteiger partial charge >= 0.3 is 12.1 Å². The molecule has 0 saturated heterocycles. The lowest BCUT2D eigenvalue weighted by atomic mass is 10.1. The van der Waals surface area contributed by atoms with Crippen molar-refractivity contribution in [3.05, 3.63) is 0 Å². The van der Waals surface area contributed by atoms with Gasteiger partial charge in [-0.3, -0.25) is 0 Å². The van der Waals surface area contributed by atoms with Gasteiger partial charge in [0.1, 0.15) is 18.4 Å². The molecular formula is C14H25NO6. The predicted octanol–water partition coefficient (Wildman–Crippen LogP) is 1.75. The van der Waals surface area contributed by atoms with E-state index in [0.29, 0.717) is 18.8 Å². The summed E-state index contributed by atoms with van der Waals surface area (Å²) in [5.74, 6) is -0.724. The third-order valence-corrected chi connectivity index (χ3v) is 3.07. The van der Waals surface area contributed by atoms with E-state index in [0.717, 1.165) is 6.42 Å². The highest BCUT2D eigenvalue weighted by Gasteiger charge is 2.38. The van der Waals surface area contributed by atoms with Crippen molar-refractivity contribution in [1.82, 2.24) is 5.32 Å². The standard InChI is InChI=1S/C14H25NO6/c1-14(2,3)21-13(18)15-10(12(16)17)6-5-9-7-11(9)20-8-19-4/h9-11H,5-8H2,1-4H3,(H,15,18)(H,16,17)/t9-,10-,11-/m1/s1. The average Bonchev–Trinajstić information content (AvgIpc) is 3.07. The molecular weight excluding hydrogens is 278 g/mol. The van der Waals surface area contributed by atoms with Gasteiger partial charge in [-0.05, 0) is 46.0 Å². The molecule has 2 N–H and O–H groups in total. The molecule has 1 aliphatic rings. The SMILES string of the molecule is COCO[C@@H]1C[C@H]1CC[C@@H](NC(=O)OC(C)(C)C)C(=O)O. The van der Waals surface area contributed by atoms with Gasteiger partial charge in [-0.1, -0.05) is 0 Å². The fourth-order valence-corrected chi connectivity index (χ4v) is 1.97. The lowest BCUT2D eigenvalue weighted by Crippen LogP contribution is -2.43. The van der Waals surface area contributed by atoms with Crippen LogP contribution in [-0.2, 0) is 19.0 Å². The summed E-state index contributed by atoms with van der Waals surface area (Å²) in [7, 11) is 1.56. The molecule has 3 atom stereocenters. The monoisotopic (exact) mass is 303 g/mol. The van der Waals surface area contributed by atoms with Crippen LogP contribution < -0.4 is 5.32 Å². The van der Waals surface area contributed by atoms with Gasteiger partial charge in [0, 0.05) is 7.11 Å². The second kappa shape index (κ2) is 7.61. The Kier molecular flexibility index (Phi) is 6.42. The van der Waals surface area contributed by atoms with Gasteiger partial charge in [0.15, 0.2) is 0 Å². The van der Waals surface area contributed by atoms with E-state index in [1.807, 2.05) is 0 Å². The van der Waals surface area contributed by atoms with Gasteiger partial charge in [-0.25, -0.2) is 9.59 Å². The van der Waals surface area contributed by atoms with E-state index < -0.39 is 23.7 Å². The fourth-order valence-electron chi connectivity index (χ4n) is 1.97. The fraction of sp³-hybridized carbons (Fsp3) is 0.857. The Morgan fingerprint density at radius 2 is 2.05 bits per heavy atom. The van der Waals surface area contributed by atoms with Crippen molar-refractivity contribution in [1.29, 1.82) is 0 Å². The van der Waals surface area contributed by atoms with Gasteiger partial charge in [0.2, 0.25) is 0 Å². The molecule has 0 bridgehead atoms. The third-order valence-electron chi connectivity index (χ3n) is 3.07. The van der Waals surface area contributed by atoms with E-state index in [4.69, 9.17) is 19.3 Å². The number of carbonyl (C=O) groups is 2. The maximum absolute atomic E-state index is 11.6. The summed E-state index contributed by atoms with van der Waals surface area (Å²) < 4.78 is 15.2. The van der Waals surface area contributed by atoms with Crippen LogP contribution >= 0.6 is 0 Å². The molecule has 1 saturated carbocycles. The summed E-state index contributed by atoms with van der Waals surface area (Å²) in [4.78, 5) is 22.8. The van der Waals surface area contributed by atoms with Crippen molar-refractivity contribution >= 4 is 12.1 Å². The number of aliphatic carboxylic acids is 1. The number of hydrogen-bond acceptors (Lipinski definition) is 5. The Labute approximate surface area is 124 Å². The molecule has 1 rings (SSSR count). The van der Waals surface area contributed by atoms with Gasteiger partial charge in [-0.2, -0.15) is 0 Å². The first-order valence-corrected chi connectivity index (χ1v) is 7.06. The number of amides is 1. The molecule has 0 radical (unpaired) electrons. The largest absolute Gasteiger partial charge is 0.480 e. The van der Waals surface area contributed by atoms with E-state index >= 15 is 0 Å². The maximum Gasteiger partial charge on any atom is 0.408 e. The summed E-state index contributed by atoms with van der Waals surface area (Å²) in [6, 6.07) is -0.941. The lowest BCUT2D eigenvalue weighted by molar-refractivity contribution is -0.139. The molecule has 21 heavy (non-hydrogen) atoms. The molecule has 7 nitrogen and oxygen atoms in total. The highest BCUT2D eigenvalue weighted by atomic mass is 16.7. The Morgan fingerprint density at radius 1 is 1.38 bits per heavy atom. The Balaban J connectivity index is 2.31. The molecule has 0 aliphatic heterocycles. The number of hydrogen-bond donors (Lipinski definition) is 2. The van der Waals surface area contributed by atoms with Crippen LogP contribution in [0.5, 0.6) is 0 Å². The number of ether oxygens (including phenoxy) is 3. The van der Waals surface area contributed by atoms with Crippen LogP contribution in [0.4, 0.5) is 4.79 Å². The molecule has 0 unspecified atom stereocenters. The van der Waals surface area contributed by atoms with E-state index in [-0.39, 0.29) is 12.9 Å². The summed E-state index contributed by atoms with van der Waals surface area (Å²) in [6.07, 6.45) is 1.37. The zero-order valence-electron chi connectivity index (χ0n) is 13.0. The number of methoxy groups -OCH3 is 1. The molecule has 0 aromatic heterocycles. The second-order valence-electron chi connectivity index (χ2n) is 6.22. The van der Waals surface area contributed by atoms with Crippen LogP contribution in [0.25, 0.3) is 0 Å². The minimum absolute atomic E-state index is 0.140. The topological polar surface area (TPSA) is 94.1 Å². The van der Waals surface area contributed by atoms with Crippen LogP contribution in [-0.4, -0.2) is 48.8 Å². The minimum atomic E-state index is -1.06. The van der Waals surface area contributed by atoms with E-state index in [1.54, 1.807) is 27.9 Å². The van der Waals surface area contributed by atoms with E-state index in [2.05, 4.69) is 5.32 Å². The first kappa shape index (κ1) is 17.7. The molecule has 0 aromatic carbocycles. The van der Waals surface area contributed by atoms with Crippen LogP contribution in [0.3, 0.4) is 0 Å². The smallest absolute Gasteiger partial charge is 0.408 e. The predicted molar refractivity (Wildman–Crippen MR) is 74.9 cm³/mol. The highest BCUT2D eigenvalue weighted by molar-refractivity contribution is 5.79. The zero-order valence-corrected chi connectivity index (χ0v) is 13.0. The molecule has 0 heterocycles. The second-order valence-corrected chi connectivity index (χ2v) is 6.22. The molecule has 0 aromatic rings. The highest BCUT2D eigenvalue weighted by Crippen LogP contribution is 2.37. The van der Waals surface area contributed by atoms with Crippen molar-refractivity contribution in [3.8, 4) is 0 Å². The number of nitrogens with one attached hydrogen (secondary N) is 1. The summed E-state index contributed by atoms with van der Waals surface area (Å²) in [5.41, 5.74) is -0.650. The Bertz CT molecular complexity index is 365. The summed E-state index contributed by atoms with van der Waals surface area (Å²) in [5, 5.41) is 11.5. The first-order chi connectivity index (χ1) is 9.73. The van der Waals surface area contributed by atoms with Crippen molar-refractivity contribution < 1.29 is 28.9 Å². The molecule has 1 fully saturated rings. The van der Waals surface area contributed by atoms with Crippen molar-refractivity contribution in [2.45, 2.75) is 57.8 Å². The zero-order chi connectivity index (χ0) is 16.0. The first-order valence-electron chi connectivity index (χ1n) is 7.06. The van der Waals surface area contributed by atoms with E-state index in [1.165, 1.54) is 0 Å². The summed E-state index contributed by atoms with van der Waals surface area (Å²) in [6.45, 7) is 5.43. The van der Waals surface area contributed by atoms with Crippen LogP contribution in [0.1, 0.15) is 40.0 Å². The molecule has 1 amide bonds. The molecule has 122 valence electrons. The van der Waals surface area contributed by atoms with E-state index in [9.17, 15) is 9.59 Å². The number of rotatable bonds is 8. The number of carboxylic acids is 1. The van der Waals surface area contributed by atoms with Crippen molar-refractivity contribution in [2.24, 2.45) is 5.92 Å². The number of carboxylic acid groups (broad SMARTS) is 1. The van der Waals surface area contributed by atoms with Gasteiger partial charge < -0.3 is 24.6 Å². The Morgan fingerprint density at radius 3 is 2.57 bits per heavy atom. The van der Waals surface area contributed by atoms with Crippen LogP contribution in [0.2, 0.25) is 0 Å². The molecule has 0 spiro atoms. The molecule has 7 heteroatoms. The Hall–Kier alpha value is -1.34. The van der Waals surface area contributed by atoms with Crippen molar-refractivity contribution in [2.75, 3.05) is 13.9 Å². The lowest BCUT2D eigenvalue weighted by Gasteiger charge is -2.22.